The number of ether oxygens (including phenoxy) is 1. The maximum atomic E-state index is 11.8. The van der Waals surface area contributed by atoms with Gasteiger partial charge in [-0.3, -0.25) is 14.3 Å². The second-order valence-corrected chi connectivity index (χ2v) is 6.60. The molecule has 2 rings (SSSR count). The number of halogens is 3. The molecule has 0 amide bonds. The Morgan fingerprint density at radius 1 is 1.45 bits per heavy atom. The topological polar surface area (TPSA) is 105 Å². The average Bonchev–Trinajstić information content (AvgIpc) is 2.68. The van der Waals surface area contributed by atoms with Crippen molar-refractivity contribution in [3.63, 3.8) is 0 Å². The van der Waals surface area contributed by atoms with Gasteiger partial charge in [0.15, 0.2) is 0 Å². The number of rotatable bonds is 2. The number of aliphatic hydroxyl groups excluding tert-OH is 2. The van der Waals surface area contributed by atoms with Crippen molar-refractivity contribution < 1.29 is 14.9 Å². The van der Waals surface area contributed by atoms with E-state index in [1.807, 2.05) is 4.98 Å². The third kappa shape index (κ3) is 3.03. The van der Waals surface area contributed by atoms with Gasteiger partial charge in [0.25, 0.3) is 5.56 Å². The van der Waals surface area contributed by atoms with Crippen LogP contribution in [0.3, 0.4) is 0 Å². The molecular weight excluding hydrogens is 334 g/mol. The zero-order valence-electron chi connectivity index (χ0n) is 9.92. The summed E-state index contributed by atoms with van der Waals surface area (Å²) in [4.78, 5) is 25.4. The van der Waals surface area contributed by atoms with Gasteiger partial charge in [0.1, 0.15) is 12.3 Å². The molecule has 2 heterocycles. The highest BCUT2D eigenvalue weighted by atomic mass is 35.6. The lowest BCUT2D eigenvalue weighted by Gasteiger charge is -2.17. The molecule has 0 aliphatic carbocycles. The molecule has 0 aromatic carbocycles. The predicted molar refractivity (Wildman–Crippen MR) is 72.2 cm³/mol. The van der Waals surface area contributed by atoms with Crippen LogP contribution in [0.4, 0.5) is 0 Å². The van der Waals surface area contributed by atoms with E-state index in [1.165, 1.54) is 0 Å². The minimum absolute atomic E-state index is 0.0659. The molecule has 1 aliphatic rings. The maximum absolute atomic E-state index is 11.8. The van der Waals surface area contributed by atoms with E-state index in [-0.39, 0.29) is 12.0 Å². The summed E-state index contributed by atoms with van der Waals surface area (Å²) in [6, 6.07) is 0. The van der Waals surface area contributed by atoms with E-state index in [4.69, 9.17) is 44.6 Å². The van der Waals surface area contributed by atoms with Crippen molar-refractivity contribution >= 4 is 34.8 Å². The molecule has 7 nitrogen and oxygen atoms in total. The SMILES string of the molecule is O=c1[nH]c(=O)n([C@H]2C[C@H](O)[C@@H](CO)O2)cc1C(Cl)(Cl)Cl. The van der Waals surface area contributed by atoms with Gasteiger partial charge in [-0.2, -0.15) is 0 Å². The third-order valence-corrected chi connectivity index (χ3v) is 3.58. The van der Waals surface area contributed by atoms with Crippen molar-refractivity contribution in [2.75, 3.05) is 6.61 Å². The maximum Gasteiger partial charge on any atom is 0.330 e. The average molecular weight is 346 g/mol. The van der Waals surface area contributed by atoms with Crippen LogP contribution in [0, 0.1) is 0 Å². The molecule has 10 heteroatoms. The number of H-pyrrole nitrogens is 1. The van der Waals surface area contributed by atoms with Crippen LogP contribution in [0.5, 0.6) is 0 Å². The van der Waals surface area contributed by atoms with E-state index in [9.17, 15) is 14.7 Å². The normalized spacial score (nSPS) is 26.9. The van der Waals surface area contributed by atoms with Gasteiger partial charge in [0.2, 0.25) is 3.79 Å². The minimum Gasteiger partial charge on any atom is -0.394 e. The monoisotopic (exact) mass is 344 g/mol. The van der Waals surface area contributed by atoms with Crippen molar-refractivity contribution in [2.24, 2.45) is 0 Å². The Bertz CT molecular complexity index is 608. The van der Waals surface area contributed by atoms with Gasteiger partial charge in [0.05, 0.1) is 18.3 Å². The lowest BCUT2D eigenvalue weighted by atomic mass is 10.2. The summed E-state index contributed by atoms with van der Waals surface area (Å²) in [6.07, 6.45) is -1.46. The molecule has 0 radical (unpaired) electrons. The van der Waals surface area contributed by atoms with E-state index in [0.717, 1.165) is 10.8 Å². The van der Waals surface area contributed by atoms with Crippen LogP contribution in [-0.4, -0.2) is 38.6 Å². The lowest BCUT2D eigenvalue weighted by Crippen LogP contribution is -2.36. The number of aliphatic hydroxyl groups is 2. The van der Waals surface area contributed by atoms with E-state index in [2.05, 4.69) is 0 Å². The van der Waals surface area contributed by atoms with Gasteiger partial charge in [-0.1, -0.05) is 34.8 Å². The van der Waals surface area contributed by atoms with Crippen LogP contribution in [-0.2, 0) is 8.53 Å². The number of hydrogen-bond donors (Lipinski definition) is 3. The first-order valence-corrected chi connectivity index (χ1v) is 6.74. The molecule has 112 valence electrons. The molecule has 1 saturated heterocycles. The van der Waals surface area contributed by atoms with Crippen LogP contribution in [0.1, 0.15) is 18.2 Å². The van der Waals surface area contributed by atoms with Crippen LogP contribution in [0.25, 0.3) is 0 Å². The summed E-state index contributed by atoms with van der Waals surface area (Å²) < 4.78 is 4.32. The highest BCUT2D eigenvalue weighted by molar-refractivity contribution is 6.66. The Labute approximate surface area is 127 Å². The zero-order chi connectivity index (χ0) is 15.1. The van der Waals surface area contributed by atoms with Gasteiger partial charge < -0.3 is 14.9 Å². The molecule has 1 aliphatic heterocycles. The van der Waals surface area contributed by atoms with Crippen molar-refractivity contribution in [3.8, 4) is 0 Å². The van der Waals surface area contributed by atoms with Crippen LogP contribution >= 0.6 is 34.8 Å². The molecule has 0 spiro atoms. The summed E-state index contributed by atoms with van der Waals surface area (Å²) in [6.45, 7) is -0.396. The second kappa shape index (κ2) is 5.67. The number of nitrogens with zero attached hydrogens (tertiary/aromatic N) is 1. The Balaban J connectivity index is 2.43. The number of nitrogens with one attached hydrogen (secondary N) is 1. The fourth-order valence-corrected chi connectivity index (χ4v) is 2.36. The summed E-state index contributed by atoms with van der Waals surface area (Å²) in [5.74, 6) is 0. The molecule has 1 aromatic rings. The standard InChI is InChI=1S/C10H11Cl3N2O5/c11-10(12,13)4-2-15(9(19)14-8(4)18)7-1-5(17)6(3-16)20-7/h2,5-7,16-17H,1,3H2,(H,14,18,19)/t5-,6+,7+/m0/s1. The fraction of sp³-hybridized carbons (Fsp3) is 0.600. The molecular formula is C10H11Cl3N2O5. The van der Waals surface area contributed by atoms with Gasteiger partial charge in [0, 0.05) is 12.6 Å². The highest BCUT2D eigenvalue weighted by Gasteiger charge is 2.36. The summed E-state index contributed by atoms with van der Waals surface area (Å²) >= 11 is 16.9. The van der Waals surface area contributed by atoms with E-state index >= 15 is 0 Å². The minimum atomic E-state index is -2.00. The van der Waals surface area contributed by atoms with Crippen molar-refractivity contribution in [1.29, 1.82) is 0 Å². The Morgan fingerprint density at radius 2 is 2.10 bits per heavy atom. The molecule has 3 atom stereocenters. The van der Waals surface area contributed by atoms with Gasteiger partial charge in [-0.25, -0.2) is 4.79 Å². The number of aromatic nitrogens is 2. The largest absolute Gasteiger partial charge is 0.394 e. The molecule has 0 unspecified atom stereocenters. The van der Waals surface area contributed by atoms with Gasteiger partial charge >= 0.3 is 5.69 Å². The van der Waals surface area contributed by atoms with E-state index < -0.39 is 40.1 Å². The summed E-state index contributed by atoms with van der Waals surface area (Å²) in [5.41, 5.74) is -1.82. The molecule has 1 fully saturated rings. The molecule has 0 saturated carbocycles. The first-order chi connectivity index (χ1) is 9.24. The third-order valence-electron chi connectivity index (χ3n) is 2.97. The zero-order valence-corrected chi connectivity index (χ0v) is 12.2. The number of aromatic amines is 1. The molecule has 0 bridgehead atoms. The Morgan fingerprint density at radius 3 is 2.60 bits per heavy atom. The van der Waals surface area contributed by atoms with Crippen LogP contribution in [0.2, 0.25) is 0 Å². The molecule has 20 heavy (non-hydrogen) atoms. The van der Waals surface area contributed by atoms with Gasteiger partial charge in [-0.05, 0) is 0 Å². The first-order valence-electron chi connectivity index (χ1n) is 5.61. The Hall–Kier alpha value is -0.570. The lowest BCUT2D eigenvalue weighted by molar-refractivity contribution is -0.0459. The Kier molecular flexibility index (Phi) is 4.48. The number of alkyl halides is 3. The van der Waals surface area contributed by atoms with Gasteiger partial charge in [-0.15, -0.1) is 0 Å². The second-order valence-electron chi connectivity index (χ2n) is 4.32. The fourth-order valence-electron chi connectivity index (χ4n) is 1.95. The molecule has 3 N–H and O–H groups in total. The van der Waals surface area contributed by atoms with E-state index in [1.54, 1.807) is 0 Å². The molecule has 1 aromatic heterocycles. The van der Waals surface area contributed by atoms with Crippen molar-refractivity contribution in [3.05, 3.63) is 32.6 Å². The highest BCUT2D eigenvalue weighted by Crippen LogP contribution is 2.36. The quantitative estimate of drug-likeness (QED) is 0.655. The first kappa shape index (κ1) is 15.8. The predicted octanol–water partition coefficient (Wildman–Crippen LogP) is 0.00400. The number of hydrogen-bond acceptors (Lipinski definition) is 5. The van der Waals surface area contributed by atoms with E-state index in [0.29, 0.717) is 0 Å². The summed E-state index contributed by atoms with van der Waals surface area (Å²) in [7, 11) is 0. The van der Waals surface area contributed by atoms with Crippen molar-refractivity contribution in [2.45, 2.75) is 28.6 Å². The van der Waals surface area contributed by atoms with Crippen molar-refractivity contribution in [1.82, 2.24) is 9.55 Å². The summed E-state index contributed by atoms with van der Waals surface area (Å²) in [5, 5.41) is 18.6. The van der Waals surface area contributed by atoms with Crippen LogP contribution in [0.15, 0.2) is 15.8 Å². The van der Waals surface area contributed by atoms with Crippen LogP contribution < -0.4 is 11.2 Å². The smallest absolute Gasteiger partial charge is 0.330 e.